The van der Waals surface area contributed by atoms with E-state index in [4.69, 9.17) is 27.9 Å². The van der Waals surface area contributed by atoms with Crippen molar-refractivity contribution in [1.82, 2.24) is 0 Å². The molecule has 3 nitrogen and oxygen atoms in total. The molecule has 0 spiro atoms. The average Bonchev–Trinajstić information content (AvgIpc) is 2.34. The first kappa shape index (κ1) is 15.0. The normalized spacial score (nSPS) is 10.3. The van der Waals surface area contributed by atoms with Gasteiger partial charge in [-0.3, -0.25) is 0 Å². The van der Waals surface area contributed by atoms with Crippen molar-refractivity contribution in [1.29, 1.82) is 0 Å². The first-order chi connectivity index (χ1) is 8.51. The number of carbonyl (C=O) groups is 1. The molecule has 0 unspecified atom stereocenters. The molecule has 1 rings (SSSR count). The summed E-state index contributed by atoms with van der Waals surface area (Å²) in [5.74, 6) is -3.64. The van der Waals surface area contributed by atoms with Gasteiger partial charge in [0.1, 0.15) is 0 Å². The van der Waals surface area contributed by atoms with Gasteiger partial charge in [0, 0.05) is 5.88 Å². The molecule has 1 aromatic carbocycles. The maximum Gasteiger partial charge on any atom is 0.344 e. The number of benzene rings is 1. The Kier molecular flexibility index (Phi) is 5.62. The summed E-state index contributed by atoms with van der Waals surface area (Å²) in [5, 5.41) is -0.328. The quantitative estimate of drug-likeness (QED) is 0.475. The van der Waals surface area contributed by atoms with Gasteiger partial charge in [0.15, 0.2) is 24.0 Å². The highest BCUT2D eigenvalue weighted by atomic mass is 35.5. The number of ether oxygens (including phenoxy) is 2. The van der Waals surface area contributed by atoms with Crippen LogP contribution in [0.5, 0.6) is 5.75 Å². The van der Waals surface area contributed by atoms with Crippen molar-refractivity contribution in [2.24, 2.45) is 0 Å². The van der Waals surface area contributed by atoms with Gasteiger partial charge in [0.25, 0.3) is 0 Å². The molecule has 0 aromatic heterocycles. The van der Waals surface area contributed by atoms with Crippen molar-refractivity contribution < 1.29 is 23.0 Å². The van der Waals surface area contributed by atoms with Crippen LogP contribution in [0, 0.1) is 11.6 Å². The maximum atomic E-state index is 13.6. The third-order valence-corrected chi connectivity index (χ3v) is 2.67. The summed E-state index contributed by atoms with van der Waals surface area (Å²) < 4.78 is 36.4. The molecule has 7 heteroatoms. The summed E-state index contributed by atoms with van der Waals surface area (Å²) in [6.07, 6.45) is 0. The molecule has 0 aliphatic rings. The van der Waals surface area contributed by atoms with E-state index in [9.17, 15) is 13.6 Å². The van der Waals surface area contributed by atoms with Crippen LogP contribution < -0.4 is 4.74 Å². The number of hydrogen-bond acceptors (Lipinski definition) is 3. The fourth-order valence-corrected chi connectivity index (χ4v) is 1.68. The van der Waals surface area contributed by atoms with E-state index in [2.05, 4.69) is 4.74 Å². The predicted octanol–water partition coefficient (Wildman–Crippen LogP) is 3.30. The van der Waals surface area contributed by atoms with Crippen LogP contribution in [0.15, 0.2) is 6.07 Å². The minimum atomic E-state index is -1.09. The average molecular weight is 299 g/mol. The Morgan fingerprint density at radius 3 is 2.67 bits per heavy atom. The van der Waals surface area contributed by atoms with E-state index in [0.29, 0.717) is 0 Å². The first-order valence-electron chi connectivity index (χ1n) is 5.02. The number of rotatable bonds is 5. The summed E-state index contributed by atoms with van der Waals surface area (Å²) in [6, 6.07) is 0.957. The summed E-state index contributed by atoms with van der Waals surface area (Å²) >= 11 is 11.1. The topological polar surface area (TPSA) is 35.5 Å². The molecule has 0 radical (unpaired) electrons. The van der Waals surface area contributed by atoms with Crippen molar-refractivity contribution in [2.75, 3.05) is 13.2 Å². The molecule has 0 atom stereocenters. The first-order valence-corrected chi connectivity index (χ1v) is 5.93. The fourth-order valence-electron chi connectivity index (χ4n) is 1.19. The van der Waals surface area contributed by atoms with Crippen LogP contribution in [0.4, 0.5) is 8.78 Å². The number of hydrogen-bond donors (Lipinski definition) is 0. The van der Waals surface area contributed by atoms with Crippen LogP contribution in [-0.2, 0) is 15.4 Å². The third-order valence-electron chi connectivity index (χ3n) is 1.98. The van der Waals surface area contributed by atoms with E-state index < -0.39 is 30.0 Å². The molecule has 1 aromatic rings. The van der Waals surface area contributed by atoms with Crippen molar-refractivity contribution in [3.63, 3.8) is 0 Å². The zero-order valence-electron chi connectivity index (χ0n) is 9.44. The van der Waals surface area contributed by atoms with Gasteiger partial charge in [-0.25, -0.2) is 13.6 Å². The lowest BCUT2D eigenvalue weighted by molar-refractivity contribution is -0.145. The van der Waals surface area contributed by atoms with E-state index >= 15 is 0 Å². The van der Waals surface area contributed by atoms with Crippen LogP contribution in [0.25, 0.3) is 0 Å². The lowest BCUT2D eigenvalue weighted by Gasteiger charge is -2.10. The molecular weight excluding hydrogens is 289 g/mol. The van der Waals surface area contributed by atoms with Gasteiger partial charge in [-0.15, -0.1) is 11.6 Å². The second-order valence-electron chi connectivity index (χ2n) is 3.20. The predicted molar refractivity (Wildman–Crippen MR) is 63.1 cm³/mol. The number of carbonyl (C=O) groups excluding carboxylic acids is 1. The number of esters is 1. The van der Waals surface area contributed by atoms with Gasteiger partial charge < -0.3 is 9.47 Å². The molecule has 18 heavy (non-hydrogen) atoms. The van der Waals surface area contributed by atoms with Gasteiger partial charge >= 0.3 is 5.97 Å². The highest BCUT2D eigenvalue weighted by Crippen LogP contribution is 2.32. The van der Waals surface area contributed by atoms with Gasteiger partial charge in [-0.1, -0.05) is 11.6 Å². The molecule has 0 saturated heterocycles. The highest BCUT2D eigenvalue weighted by Gasteiger charge is 2.19. The fraction of sp³-hybridized carbons (Fsp3) is 0.364. The van der Waals surface area contributed by atoms with Crippen LogP contribution in [0.1, 0.15) is 12.5 Å². The van der Waals surface area contributed by atoms with E-state index in [-0.39, 0.29) is 23.1 Å². The van der Waals surface area contributed by atoms with Crippen molar-refractivity contribution in [3.05, 3.63) is 28.3 Å². The molecule has 0 aliphatic carbocycles. The minimum absolute atomic E-state index is 0.108. The zero-order valence-corrected chi connectivity index (χ0v) is 10.9. The van der Waals surface area contributed by atoms with Crippen molar-refractivity contribution in [3.8, 4) is 5.75 Å². The molecule has 0 heterocycles. The second-order valence-corrected chi connectivity index (χ2v) is 3.85. The second kappa shape index (κ2) is 6.75. The molecule has 0 fully saturated rings. The number of alkyl halides is 1. The molecule has 100 valence electrons. The van der Waals surface area contributed by atoms with Gasteiger partial charge in [0.05, 0.1) is 11.6 Å². The van der Waals surface area contributed by atoms with Crippen LogP contribution in [-0.4, -0.2) is 19.2 Å². The number of halogens is 4. The molecule has 0 saturated carbocycles. The monoisotopic (exact) mass is 298 g/mol. The van der Waals surface area contributed by atoms with Crippen LogP contribution in [0.3, 0.4) is 0 Å². The lowest BCUT2D eigenvalue weighted by atomic mass is 10.2. The summed E-state index contributed by atoms with van der Waals surface area (Å²) in [5.41, 5.74) is 0.108. The SMILES string of the molecule is CCOC(=O)COc1c(F)cc(CCl)c(Cl)c1F. The maximum absolute atomic E-state index is 13.6. The Bertz CT molecular complexity index is 452. The summed E-state index contributed by atoms with van der Waals surface area (Å²) in [6.45, 7) is 1.16. The Morgan fingerprint density at radius 2 is 2.11 bits per heavy atom. The molecular formula is C11H10Cl2F2O3. The van der Waals surface area contributed by atoms with E-state index in [1.807, 2.05) is 0 Å². The molecule has 0 amide bonds. The van der Waals surface area contributed by atoms with E-state index in [1.165, 1.54) is 0 Å². The van der Waals surface area contributed by atoms with Gasteiger partial charge in [-0.2, -0.15) is 0 Å². The molecule has 0 aliphatic heterocycles. The Balaban J connectivity index is 2.90. The third kappa shape index (κ3) is 3.46. The van der Waals surface area contributed by atoms with Crippen LogP contribution >= 0.6 is 23.2 Å². The smallest absolute Gasteiger partial charge is 0.344 e. The Labute approximate surface area is 113 Å². The lowest BCUT2D eigenvalue weighted by Crippen LogP contribution is -2.16. The highest BCUT2D eigenvalue weighted by molar-refractivity contribution is 6.32. The van der Waals surface area contributed by atoms with Gasteiger partial charge in [-0.05, 0) is 18.6 Å². The zero-order chi connectivity index (χ0) is 13.7. The summed E-state index contributed by atoms with van der Waals surface area (Å²) in [7, 11) is 0. The Morgan fingerprint density at radius 1 is 1.44 bits per heavy atom. The standard InChI is InChI=1S/C11H10Cl2F2O3/c1-2-17-8(16)5-18-11-7(14)3-6(4-12)9(13)10(11)15/h3H,2,4-5H2,1H3. The molecule has 0 N–H and O–H groups in total. The van der Waals surface area contributed by atoms with E-state index in [1.54, 1.807) is 6.92 Å². The Hall–Kier alpha value is -1.07. The summed E-state index contributed by atoms with van der Waals surface area (Å²) in [4.78, 5) is 11.0. The van der Waals surface area contributed by atoms with E-state index in [0.717, 1.165) is 6.07 Å². The minimum Gasteiger partial charge on any atom is -0.476 e. The largest absolute Gasteiger partial charge is 0.476 e. The van der Waals surface area contributed by atoms with Gasteiger partial charge in [0.2, 0.25) is 0 Å². The molecule has 0 bridgehead atoms. The van der Waals surface area contributed by atoms with Crippen molar-refractivity contribution >= 4 is 29.2 Å². The van der Waals surface area contributed by atoms with Crippen molar-refractivity contribution in [2.45, 2.75) is 12.8 Å². The van der Waals surface area contributed by atoms with Crippen LogP contribution in [0.2, 0.25) is 5.02 Å².